The van der Waals surface area contributed by atoms with Crippen molar-refractivity contribution in [3.8, 4) is 5.88 Å². The molecule has 0 amide bonds. The molecule has 1 aliphatic rings. The number of hydrogen-bond donors (Lipinski definition) is 1. The van der Waals surface area contributed by atoms with Crippen LogP contribution < -0.4 is 15.4 Å². The highest BCUT2D eigenvalue weighted by atomic mass is 19.4. The zero-order chi connectivity index (χ0) is 14.0. The van der Waals surface area contributed by atoms with Crippen molar-refractivity contribution >= 4 is 11.5 Å². The number of alkyl halides is 3. The summed E-state index contributed by atoms with van der Waals surface area (Å²) in [6.45, 7) is 0.496. The number of anilines is 2. The lowest BCUT2D eigenvalue weighted by Crippen LogP contribution is -2.42. The Morgan fingerprint density at radius 2 is 2.16 bits per heavy atom. The number of aromatic nitrogens is 1. The first kappa shape index (κ1) is 13.8. The van der Waals surface area contributed by atoms with Crippen molar-refractivity contribution in [2.75, 3.05) is 30.8 Å². The first-order chi connectivity index (χ1) is 8.91. The van der Waals surface area contributed by atoms with Crippen LogP contribution in [0.2, 0.25) is 0 Å². The number of halogens is 3. The Bertz CT molecular complexity index is 450. The van der Waals surface area contributed by atoms with Gasteiger partial charge in [0.05, 0.1) is 18.7 Å². The van der Waals surface area contributed by atoms with E-state index >= 15 is 0 Å². The predicted octanol–water partition coefficient (Wildman–Crippen LogP) is 2.45. The van der Waals surface area contributed by atoms with Gasteiger partial charge in [-0.25, -0.2) is 0 Å². The van der Waals surface area contributed by atoms with Gasteiger partial charge in [-0.3, -0.25) is 0 Å². The predicted molar refractivity (Wildman–Crippen MR) is 66.2 cm³/mol. The lowest BCUT2D eigenvalue weighted by atomic mass is 9.97. The third kappa shape index (κ3) is 3.02. The highest BCUT2D eigenvalue weighted by Crippen LogP contribution is 2.35. The van der Waals surface area contributed by atoms with Crippen LogP contribution >= 0.6 is 0 Å². The van der Waals surface area contributed by atoms with Crippen LogP contribution in [0.25, 0.3) is 0 Å². The van der Waals surface area contributed by atoms with Crippen LogP contribution in [-0.2, 0) is 0 Å². The van der Waals surface area contributed by atoms with E-state index in [4.69, 9.17) is 10.5 Å². The average molecular weight is 275 g/mol. The van der Waals surface area contributed by atoms with E-state index in [1.165, 1.54) is 7.11 Å². The molecule has 4 nitrogen and oxygen atoms in total. The summed E-state index contributed by atoms with van der Waals surface area (Å²) in [5.41, 5.74) is 6.01. The van der Waals surface area contributed by atoms with Gasteiger partial charge in [-0.1, -0.05) is 0 Å². The maximum Gasteiger partial charge on any atom is 0.393 e. The highest BCUT2D eigenvalue weighted by Gasteiger charge is 2.42. The number of piperidine rings is 1. The van der Waals surface area contributed by atoms with Crippen molar-refractivity contribution in [1.82, 2.24) is 4.98 Å². The van der Waals surface area contributed by atoms with Crippen molar-refractivity contribution < 1.29 is 17.9 Å². The third-order valence-electron chi connectivity index (χ3n) is 3.28. The topological polar surface area (TPSA) is 51.4 Å². The van der Waals surface area contributed by atoms with Gasteiger partial charge in [-0.2, -0.15) is 18.2 Å². The normalized spacial score (nSPS) is 20.4. The number of nitrogens with two attached hydrogens (primary N) is 1. The van der Waals surface area contributed by atoms with Crippen LogP contribution in [0.15, 0.2) is 12.1 Å². The molecule has 1 fully saturated rings. The lowest BCUT2D eigenvalue weighted by molar-refractivity contribution is -0.176. The number of nitrogen functional groups attached to an aromatic ring is 1. The summed E-state index contributed by atoms with van der Waals surface area (Å²) < 4.78 is 43.2. The van der Waals surface area contributed by atoms with E-state index in [0.717, 1.165) is 0 Å². The maximum absolute atomic E-state index is 12.7. The number of methoxy groups -OCH3 is 1. The molecule has 1 aliphatic heterocycles. The van der Waals surface area contributed by atoms with Crippen molar-refractivity contribution in [2.24, 2.45) is 5.92 Å². The molecule has 1 aromatic heterocycles. The van der Waals surface area contributed by atoms with Crippen LogP contribution in [0, 0.1) is 5.92 Å². The zero-order valence-electron chi connectivity index (χ0n) is 10.6. The maximum atomic E-state index is 12.7. The SMILES string of the molecule is COc1nc(N2CCCC(C(F)(F)F)C2)ccc1N. The van der Waals surface area contributed by atoms with Gasteiger partial charge < -0.3 is 15.4 Å². The second-order valence-corrected chi connectivity index (χ2v) is 4.59. The fourth-order valence-electron chi connectivity index (χ4n) is 2.23. The van der Waals surface area contributed by atoms with Crippen molar-refractivity contribution in [1.29, 1.82) is 0 Å². The summed E-state index contributed by atoms with van der Waals surface area (Å²) in [6, 6.07) is 3.22. The minimum absolute atomic E-state index is 0.0659. The van der Waals surface area contributed by atoms with Crippen LogP contribution in [0.5, 0.6) is 5.88 Å². The molecule has 0 bridgehead atoms. The fourth-order valence-corrected chi connectivity index (χ4v) is 2.23. The van der Waals surface area contributed by atoms with Crippen LogP contribution in [0.1, 0.15) is 12.8 Å². The molecule has 1 saturated heterocycles. The Hall–Kier alpha value is -1.66. The number of ether oxygens (including phenoxy) is 1. The number of pyridine rings is 1. The summed E-state index contributed by atoms with van der Waals surface area (Å²) in [7, 11) is 1.43. The molecule has 1 atom stereocenters. The molecule has 1 aromatic rings. The van der Waals surface area contributed by atoms with E-state index in [1.54, 1.807) is 17.0 Å². The molecule has 19 heavy (non-hydrogen) atoms. The summed E-state index contributed by atoms with van der Waals surface area (Å²) in [6.07, 6.45) is -3.48. The van der Waals surface area contributed by atoms with Gasteiger partial charge in [0.15, 0.2) is 0 Å². The minimum Gasteiger partial charge on any atom is -0.479 e. The molecule has 2 rings (SSSR count). The van der Waals surface area contributed by atoms with Crippen molar-refractivity contribution in [3.63, 3.8) is 0 Å². The van der Waals surface area contributed by atoms with E-state index in [9.17, 15) is 13.2 Å². The Morgan fingerprint density at radius 1 is 1.42 bits per heavy atom. The summed E-state index contributed by atoms with van der Waals surface area (Å²) in [5.74, 6) is -0.585. The molecule has 106 valence electrons. The van der Waals surface area contributed by atoms with E-state index in [0.29, 0.717) is 24.5 Å². The molecule has 0 aromatic carbocycles. The van der Waals surface area contributed by atoms with Gasteiger partial charge >= 0.3 is 6.18 Å². The Labute approximate surface area is 109 Å². The minimum atomic E-state index is -4.16. The highest BCUT2D eigenvalue weighted by molar-refractivity contribution is 5.54. The smallest absolute Gasteiger partial charge is 0.393 e. The molecular weight excluding hydrogens is 259 g/mol. The number of nitrogens with zero attached hydrogens (tertiary/aromatic N) is 2. The monoisotopic (exact) mass is 275 g/mol. The molecule has 0 saturated carbocycles. The second kappa shape index (κ2) is 5.14. The van der Waals surface area contributed by atoms with Gasteiger partial charge in [0.1, 0.15) is 5.82 Å². The molecule has 7 heteroatoms. The molecule has 0 spiro atoms. The van der Waals surface area contributed by atoms with Gasteiger partial charge in [0, 0.05) is 13.1 Å². The lowest BCUT2D eigenvalue weighted by Gasteiger charge is -2.34. The van der Waals surface area contributed by atoms with Crippen molar-refractivity contribution in [2.45, 2.75) is 19.0 Å². The Kier molecular flexibility index (Phi) is 3.73. The van der Waals surface area contributed by atoms with Crippen LogP contribution in [0.3, 0.4) is 0 Å². The summed E-state index contributed by atoms with van der Waals surface area (Å²) in [4.78, 5) is 5.77. The van der Waals surface area contributed by atoms with Gasteiger partial charge in [-0.05, 0) is 25.0 Å². The van der Waals surface area contributed by atoms with Gasteiger partial charge in [-0.15, -0.1) is 0 Å². The average Bonchev–Trinajstić information content (AvgIpc) is 2.38. The van der Waals surface area contributed by atoms with Gasteiger partial charge in [0.2, 0.25) is 5.88 Å². The standard InChI is InChI=1S/C12H16F3N3O/c1-19-11-9(16)4-5-10(17-11)18-6-2-3-8(7-18)12(13,14)15/h4-5,8H,2-3,6-7,16H2,1H3. The summed E-state index contributed by atoms with van der Waals surface area (Å²) in [5, 5.41) is 0. The van der Waals surface area contributed by atoms with Crippen molar-refractivity contribution in [3.05, 3.63) is 12.1 Å². The van der Waals surface area contributed by atoms with Gasteiger partial charge in [0.25, 0.3) is 0 Å². The first-order valence-corrected chi connectivity index (χ1v) is 6.04. The number of hydrogen-bond acceptors (Lipinski definition) is 4. The quantitative estimate of drug-likeness (QED) is 0.900. The second-order valence-electron chi connectivity index (χ2n) is 4.59. The van der Waals surface area contributed by atoms with E-state index in [1.807, 2.05) is 0 Å². The number of rotatable bonds is 2. The van der Waals surface area contributed by atoms with E-state index in [-0.39, 0.29) is 18.8 Å². The molecule has 2 N–H and O–H groups in total. The molecule has 1 unspecified atom stereocenters. The van der Waals surface area contributed by atoms with Crippen LogP contribution in [0.4, 0.5) is 24.7 Å². The molecule has 0 aliphatic carbocycles. The largest absolute Gasteiger partial charge is 0.479 e. The Balaban J connectivity index is 2.17. The van der Waals surface area contributed by atoms with Crippen LogP contribution in [-0.4, -0.2) is 31.4 Å². The zero-order valence-corrected chi connectivity index (χ0v) is 10.6. The van der Waals surface area contributed by atoms with E-state index in [2.05, 4.69) is 4.98 Å². The molecule has 0 radical (unpaired) electrons. The summed E-state index contributed by atoms with van der Waals surface area (Å²) >= 11 is 0. The fraction of sp³-hybridized carbons (Fsp3) is 0.583. The molecular formula is C12H16F3N3O. The molecule has 2 heterocycles. The van der Waals surface area contributed by atoms with E-state index < -0.39 is 12.1 Å². The Morgan fingerprint density at radius 3 is 2.79 bits per heavy atom. The third-order valence-corrected chi connectivity index (χ3v) is 3.28. The first-order valence-electron chi connectivity index (χ1n) is 6.04.